The molecule has 1 N–H and O–H groups in total. The molecule has 0 fully saturated rings. The molecule has 0 heterocycles. The lowest BCUT2D eigenvalue weighted by molar-refractivity contribution is -0.137. The third-order valence-corrected chi connectivity index (χ3v) is 4.87. The van der Waals surface area contributed by atoms with Gasteiger partial charge >= 0.3 is 5.97 Å². The molecule has 0 amide bonds. The number of carboxylic acid groups (broad SMARTS) is 1. The topological polar surface area (TPSA) is 71.4 Å². The van der Waals surface area contributed by atoms with Crippen LogP contribution in [-0.2, 0) is 4.79 Å². The fourth-order valence-corrected chi connectivity index (χ4v) is 3.68. The first-order valence-electron chi connectivity index (χ1n) is 8.95. The Bertz CT molecular complexity index is 570. The largest absolute Gasteiger partial charge is 0.481 e. The van der Waals surface area contributed by atoms with Crippen molar-refractivity contribution < 1.29 is 19.5 Å². The molecule has 0 aliphatic heterocycles. The number of ketones is 2. The first-order valence-corrected chi connectivity index (χ1v) is 8.95. The maximum absolute atomic E-state index is 12.6. The van der Waals surface area contributed by atoms with Gasteiger partial charge in [-0.3, -0.25) is 14.4 Å². The second-order valence-corrected chi connectivity index (χ2v) is 6.65. The Morgan fingerprint density at radius 1 is 1.00 bits per heavy atom. The van der Waals surface area contributed by atoms with E-state index in [1.54, 1.807) is 12.1 Å². The quantitative estimate of drug-likeness (QED) is 0.505. The first-order chi connectivity index (χ1) is 11.6. The van der Waals surface area contributed by atoms with Crippen molar-refractivity contribution in [2.24, 2.45) is 11.8 Å². The fourth-order valence-electron chi connectivity index (χ4n) is 3.68. The van der Waals surface area contributed by atoms with Gasteiger partial charge in [-0.2, -0.15) is 0 Å². The summed E-state index contributed by atoms with van der Waals surface area (Å²) in [5.41, 5.74) is 1.16. The normalized spacial score (nSPS) is 15.5. The number of fused-ring (bicyclic) bond motifs is 1. The Morgan fingerprint density at radius 3 is 2.12 bits per heavy atom. The molecular weight excluding hydrogens is 304 g/mol. The summed E-state index contributed by atoms with van der Waals surface area (Å²) in [5.74, 6) is -1.19. The van der Waals surface area contributed by atoms with Crippen LogP contribution in [0.15, 0.2) is 24.3 Å². The monoisotopic (exact) mass is 330 g/mol. The molecule has 1 aromatic rings. The molecule has 1 unspecified atom stereocenters. The van der Waals surface area contributed by atoms with Crippen LogP contribution in [0.3, 0.4) is 0 Å². The number of hydrogen-bond acceptors (Lipinski definition) is 3. The van der Waals surface area contributed by atoms with E-state index in [1.807, 2.05) is 12.1 Å². The van der Waals surface area contributed by atoms with E-state index in [0.29, 0.717) is 17.5 Å². The van der Waals surface area contributed by atoms with E-state index in [0.717, 1.165) is 38.5 Å². The van der Waals surface area contributed by atoms with E-state index in [2.05, 4.69) is 6.92 Å². The number of Topliss-reactive ketones (excluding diaryl/α,β-unsaturated/α-hetero) is 2. The Balaban J connectivity index is 1.92. The lowest BCUT2D eigenvalue weighted by Gasteiger charge is -2.21. The van der Waals surface area contributed by atoms with Gasteiger partial charge in [-0.1, -0.05) is 56.9 Å². The summed E-state index contributed by atoms with van der Waals surface area (Å²) >= 11 is 0. The maximum Gasteiger partial charge on any atom is 0.303 e. The molecule has 4 heteroatoms. The van der Waals surface area contributed by atoms with Crippen molar-refractivity contribution in [3.8, 4) is 0 Å². The third kappa shape index (κ3) is 4.31. The summed E-state index contributed by atoms with van der Waals surface area (Å²) in [6.45, 7) is 2.08. The molecule has 1 aromatic carbocycles. The second kappa shape index (κ2) is 8.76. The highest BCUT2D eigenvalue weighted by Crippen LogP contribution is 2.36. The molecule has 24 heavy (non-hydrogen) atoms. The van der Waals surface area contributed by atoms with Crippen LogP contribution in [0.5, 0.6) is 0 Å². The van der Waals surface area contributed by atoms with E-state index < -0.39 is 11.9 Å². The van der Waals surface area contributed by atoms with Crippen molar-refractivity contribution in [2.75, 3.05) is 0 Å². The minimum Gasteiger partial charge on any atom is -0.481 e. The maximum atomic E-state index is 12.6. The van der Waals surface area contributed by atoms with Gasteiger partial charge in [0.1, 0.15) is 0 Å². The van der Waals surface area contributed by atoms with E-state index >= 15 is 0 Å². The Hall–Kier alpha value is -1.97. The predicted molar refractivity (Wildman–Crippen MR) is 92.3 cm³/mol. The predicted octanol–water partition coefficient (Wildman–Crippen LogP) is 4.52. The number of carbonyl (C=O) groups is 3. The zero-order chi connectivity index (χ0) is 17.5. The molecular formula is C20H26O4. The van der Waals surface area contributed by atoms with E-state index in [-0.39, 0.29) is 23.9 Å². The highest BCUT2D eigenvalue weighted by molar-refractivity contribution is 6.26. The van der Waals surface area contributed by atoms with Crippen molar-refractivity contribution in [2.45, 2.75) is 58.3 Å². The molecule has 1 aliphatic rings. The number of unbranched alkanes of at least 4 members (excludes halogenated alkanes) is 3. The standard InChI is InChI=1S/C20H26O4/c1-2-9-14(10-5-3-4-6-13-17(21)22)18-19(23)15-11-7-8-12-16(15)20(18)24/h7-8,11-12,14,18H,2-6,9-10,13H2,1H3,(H,21,22). The third-order valence-electron chi connectivity index (χ3n) is 4.87. The van der Waals surface area contributed by atoms with Gasteiger partial charge in [-0.15, -0.1) is 0 Å². The van der Waals surface area contributed by atoms with Gasteiger partial charge in [0.15, 0.2) is 11.6 Å². The molecule has 1 atom stereocenters. The van der Waals surface area contributed by atoms with E-state index in [4.69, 9.17) is 5.11 Å². The Labute approximate surface area is 143 Å². The molecule has 0 saturated heterocycles. The fraction of sp³-hybridized carbons (Fsp3) is 0.550. The smallest absolute Gasteiger partial charge is 0.303 e. The van der Waals surface area contributed by atoms with Gasteiger partial charge in [0.05, 0.1) is 5.92 Å². The Morgan fingerprint density at radius 2 is 1.58 bits per heavy atom. The van der Waals surface area contributed by atoms with Crippen LogP contribution in [-0.4, -0.2) is 22.6 Å². The first kappa shape index (κ1) is 18.4. The van der Waals surface area contributed by atoms with Gasteiger partial charge in [-0.05, 0) is 25.2 Å². The van der Waals surface area contributed by atoms with Crippen LogP contribution in [0.25, 0.3) is 0 Å². The van der Waals surface area contributed by atoms with E-state index in [1.165, 1.54) is 0 Å². The van der Waals surface area contributed by atoms with Gasteiger partial charge < -0.3 is 5.11 Å². The number of carbonyl (C=O) groups excluding carboxylic acids is 2. The molecule has 0 aromatic heterocycles. The van der Waals surface area contributed by atoms with Crippen LogP contribution in [0, 0.1) is 11.8 Å². The molecule has 1 aliphatic carbocycles. The SMILES string of the molecule is CCCC(CCCCCCC(=O)O)C1C(=O)c2ccccc2C1=O. The van der Waals surface area contributed by atoms with E-state index in [9.17, 15) is 14.4 Å². The number of carboxylic acids is 1. The second-order valence-electron chi connectivity index (χ2n) is 6.65. The van der Waals surface area contributed by atoms with Crippen LogP contribution in [0.1, 0.15) is 79.0 Å². The van der Waals surface area contributed by atoms with Crippen molar-refractivity contribution >= 4 is 17.5 Å². The summed E-state index contributed by atoms with van der Waals surface area (Å²) in [7, 11) is 0. The molecule has 0 bridgehead atoms. The zero-order valence-electron chi connectivity index (χ0n) is 14.3. The van der Waals surface area contributed by atoms with Crippen LogP contribution in [0.2, 0.25) is 0 Å². The van der Waals surface area contributed by atoms with Crippen molar-refractivity contribution in [3.63, 3.8) is 0 Å². The molecule has 0 radical (unpaired) electrons. The lowest BCUT2D eigenvalue weighted by Crippen LogP contribution is -2.25. The summed E-state index contributed by atoms with van der Waals surface area (Å²) < 4.78 is 0. The van der Waals surface area contributed by atoms with Crippen molar-refractivity contribution in [1.82, 2.24) is 0 Å². The minimum atomic E-state index is -0.751. The summed E-state index contributed by atoms with van der Waals surface area (Å²) in [6.07, 6.45) is 6.39. The van der Waals surface area contributed by atoms with Crippen LogP contribution < -0.4 is 0 Å². The highest BCUT2D eigenvalue weighted by Gasteiger charge is 2.42. The average Bonchev–Trinajstić information content (AvgIpc) is 2.81. The van der Waals surface area contributed by atoms with Crippen molar-refractivity contribution in [3.05, 3.63) is 35.4 Å². The van der Waals surface area contributed by atoms with Gasteiger partial charge in [0.2, 0.25) is 0 Å². The molecule has 4 nitrogen and oxygen atoms in total. The zero-order valence-corrected chi connectivity index (χ0v) is 14.3. The molecule has 130 valence electrons. The molecule has 0 spiro atoms. The summed E-state index contributed by atoms with van der Waals surface area (Å²) in [4.78, 5) is 35.8. The molecule has 2 rings (SSSR count). The van der Waals surface area contributed by atoms with Gasteiger partial charge in [0.25, 0.3) is 0 Å². The average molecular weight is 330 g/mol. The number of rotatable bonds is 10. The summed E-state index contributed by atoms with van der Waals surface area (Å²) in [6, 6.07) is 7.13. The number of aliphatic carboxylic acids is 1. The van der Waals surface area contributed by atoms with Crippen LogP contribution >= 0.6 is 0 Å². The van der Waals surface area contributed by atoms with Gasteiger partial charge in [0, 0.05) is 17.5 Å². The Kier molecular flexibility index (Phi) is 6.71. The molecule has 0 saturated carbocycles. The van der Waals surface area contributed by atoms with Crippen molar-refractivity contribution in [1.29, 1.82) is 0 Å². The lowest BCUT2D eigenvalue weighted by atomic mass is 9.81. The summed E-state index contributed by atoms with van der Waals surface area (Å²) in [5, 5.41) is 8.64. The van der Waals surface area contributed by atoms with Crippen LogP contribution in [0.4, 0.5) is 0 Å². The minimum absolute atomic E-state index is 0.0140. The highest BCUT2D eigenvalue weighted by atomic mass is 16.4. The number of benzene rings is 1. The van der Waals surface area contributed by atoms with Gasteiger partial charge in [-0.25, -0.2) is 0 Å². The number of hydrogen-bond donors (Lipinski definition) is 1.